The summed E-state index contributed by atoms with van der Waals surface area (Å²) in [5.74, 6) is 1.89. The molecule has 1 aliphatic carbocycles. The van der Waals surface area contributed by atoms with Crippen LogP contribution in [0.5, 0.6) is 34.5 Å². The van der Waals surface area contributed by atoms with E-state index in [0.29, 0.717) is 47.0 Å². The molecule has 2 aromatic carbocycles. The van der Waals surface area contributed by atoms with Gasteiger partial charge in [-0.05, 0) is 42.0 Å². The van der Waals surface area contributed by atoms with E-state index in [4.69, 9.17) is 23.7 Å². The van der Waals surface area contributed by atoms with Crippen molar-refractivity contribution < 1.29 is 33.9 Å². The summed E-state index contributed by atoms with van der Waals surface area (Å²) in [6.45, 7) is 5.84. The standard InChI is InChI=1S/C24H32O7/c1-23(2)11-13-9-15(27-4)20(29-6)19(25)17(13)18-14(12-24(23,3)26)10-16(28-5)21(30-7)22(18)31-8/h9-10,25-26H,11-12H2,1-8H3. The number of hydrogen-bond donors (Lipinski definition) is 2. The van der Waals surface area contributed by atoms with Crippen LogP contribution < -0.4 is 23.7 Å². The zero-order chi connectivity index (χ0) is 23.1. The minimum Gasteiger partial charge on any atom is -0.504 e. The van der Waals surface area contributed by atoms with Crippen molar-refractivity contribution >= 4 is 0 Å². The molecule has 7 nitrogen and oxygen atoms in total. The van der Waals surface area contributed by atoms with E-state index < -0.39 is 11.0 Å². The van der Waals surface area contributed by atoms with Gasteiger partial charge in [-0.3, -0.25) is 0 Å². The third-order valence-corrected chi connectivity index (χ3v) is 6.51. The predicted octanol–water partition coefficient (Wildman–Crippen LogP) is 3.98. The van der Waals surface area contributed by atoms with Crippen LogP contribution in [0.2, 0.25) is 0 Å². The number of aromatic hydroxyl groups is 1. The van der Waals surface area contributed by atoms with Crippen LogP contribution in [-0.2, 0) is 12.8 Å². The summed E-state index contributed by atoms with van der Waals surface area (Å²) < 4.78 is 27.8. The van der Waals surface area contributed by atoms with Crippen LogP contribution in [-0.4, -0.2) is 51.4 Å². The molecule has 2 N–H and O–H groups in total. The fraction of sp³-hybridized carbons (Fsp3) is 0.500. The molecule has 0 radical (unpaired) electrons. The zero-order valence-corrected chi connectivity index (χ0v) is 19.5. The summed E-state index contributed by atoms with van der Waals surface area (Å²) >= 11 is 0. The first-order valence-electron chi connectivity index (χ1n) is 10.1. The molecule has 3 rings (SSSR count). The van der Waals surface area contributed by atoms with Crippen molar-refractivity contribution in [1.82, 2.24) is 0 Å². The molecular weight excluding hydrogens is 400 g/mol. The Morgan fingerprint density at radius 3 is 1.65 bits per heavy atom. The number of rotatable bonds is 5. The molecule has 1 unspecified atom stereocenters. The Morgan fingerprint density at radius 1 is 0.677 bits per heavy atom. The highest BCUT2D eigenvalue weighted by molar-refractivity contribution is 5.88. The van der Waals surface area contributed by atoms with E-state index in [9.17, 15) is 10.2 Å². The number of methoxy groups -OCH3 is 5. The van der Waals surface area contributed by atoms with Gasteiger partial charge in [0.2, 0.25) is 11.5 Å². The topological polar surface area (TPSA) is 86.6 Å². The molecular formula is C24H32O7. The van der Waals surface area contributed by atoms with Crippen LogP contribution in [0.3, 0.4) is 0 Å². The third kappa shape index (κ3) is 3.51. The van der Waals surface area contributed by atoms with Gasteiger partial charge in [-0.25, -0.2) is 0 Å². The highest BCUT2D eigenvalue weighted by Gasteiger charge is 2.44. The van der Waals surface area contributed by atoms with Gasteiger partial charge in [0.1, 0.15) is 0 Å². The van der Waals surface area contributed by atoms with Crippen LogP contribution >= 0.6 is 0 Å². The molecule has 0 aromatic heterocycles. The Kier molecular flexibility index (Phi) is 5.93. The van der Waals surface area contributed by atoms with E-state index >= 15 is 0 Å². The van der Waals surface area contributed by atoms with Gasteiger partial charge in [0.05, 0.1) is 41.2 Å². The molecule has 0 bridgehead atoms. The molecule has 0 aliphatic heterocycles. The lowest BCUT2D eigenvalue weighted by Crippen LogP contribution is -2.46. The van der Waals surface area contributed by atoms with Gasteiger partial charge < -0.3 is 33.9 Å². The zero-order valence-electron chi connectivity index (χ0n) is 19.5. The van der Waals surface area contributed by atoms with Crippen LogP contribution in [0.1, 0.15) is 31.9 Å². The van der Waals surface area contributed by atoms with Crippen molar-refractivity contribution in [1.29, 1.82) is 0 Å². The molecule has 7 heteroatoms. The average Bonchev–Trinajstić information content (AvgIpc) is 2.71. The van der Waals surface area contributed by atoms with Gasteiger partial charge in [0.15, 0.2) is 23.0 Å². The number of aliphatic hydroxyl groups is 1. The molecule has 0 heterocycles. The first-order chi connectivity index (χ1) is 14.6. The normalized spacial score (nSPS) is 19.4. The van der Waals surface area contributed by atoms with Crippen LogP contribution in [0.15, 0.2) is 12.1 Å². The van der Waals surface area contributed by atoms with Crippen LogP contribution in [0, 0.1) is 5.41 Å². The molecule has 31 heavy (non-hydrogen) atoms. The molecule has 0 amide bonds. The van der Waals surface area contributed by atoms with E-state index in [1.165, 1.54) is 28.4 Å². The Labute approximate surface area is 183 Å². The molecule has 0 fully saturated rings. The molecule has 0 spiro atoms. The lowest BCUT2D eigenvalue weighted by Gasteiger charge is -2.43. The van der Waals surface area contributed by atoms with Crippen molar-refractivity contribution in [3.63, 3.8) is 0 Å². The third-order valence-electron chi connectivity index (χ3n) is 6.51. The maximum absolute atomic E-state index is 11.5. The Morgan fingerprint density at radius 2 is 1.16 bits per heavy atom. The van der Waals surface area contributed by atoms with Crippen LogP contribution in [0.4, 0.5) is 0 Å². The molecule has 1 atom stereocenters. The largest absolute Gasteiger partial charge is 0.504 e. The summed E-state index contributed by atoms with van der Waals surface area (Å²) in [6, 6.07) is 3.67. The number of phenols is 1. The SMILES string of the molecule is COc1cc2c(c(O)c1OC)-c1c(cc(OC)c(OC)c1OC)CC(C)(O)C(C)(C)C2. The molecule has 0 saturated heterocycles. The van der Waals surface area contributed by atoms with E-state index in [1.807, 2.05) is 32.9 Å². The van der Waals surface area contributed by atoms with Crippen molar-refractivity contribution in [2.24, 2.45) is 5.41 Å². The second-order valence-electron chi connectivity index (χ2n) is 8.69. The number of fused-ring (bicyclic) bond motifs is 3. The fourth-order valence-corrected chi connectivity index (χ4v) is 4.34. The van der Waals surface area contributed by atoms with Crippen LogP contribution in [0.25, 0.3) is 11.1 Å². The van der Waals surface area contributed by atoms with E-state index in [2.05, 4.69) is 0 Å². The summed E-state index contributed by atoms with van der Waals surface area (Å²) in [7, 11) is 7.62. The summed E-state index contributed by atoms with van der Waals surface area (Å²) in [4.78, 5) is 0. The van der Waals surface area contributed by atoms with Gasteiger partial charge in [-0.2, -0.15) is 0 Å². The minimum absolute atomic E-state index is 0.0547. The minimum atomic E-state index is -1.06. The monoisotopic (exact) mass is 432 g/mol. The maximum Gasteiger partial charge on any atom is 0.203 e. The highest BCUT2D eigenvalue weighted by Crippen LogP contribution is 2.57. The smallest absolute Gasteiger partial charge is 0.203 e. The summed E-state index contributed by atoms with van der Waals surface area (Å²) in [5.41, 5.74) is 1.17. The van der Waals surface area contributed by atoms with Crippen molar-refractivity contribution in [2.75, 3.05) is 35.5 Å². The predicted molar refractivity (Wildman–Crippen MR) is 118 cm³/mol. The summed E-state index contributed by atoms with van der Waals surface area (Å²) in [5, 5.41) is 22.8. The van der Waals surface area contributed by atoms with E-state index in [-0.39, 0.29) is 11.5 Å². The van der Waals surface area contributed by atoms with Crippen molar-refractivity contribution in [3.8, 4) is 45.6 Å². The van der Waals surface area contributed by atoms with Gasteiger partial charge >= 0.3 is 0 Å². The lowest BCUT2D eigenvalue weighted by molar-refractivity contribution is -0.0509. The quantitative estimate of drug-likeness (QED) is 0.739. The molecule has 170 valence electrons. The van der Waals surface area contributed by atoms with Gasteiger partial charge in [0, 0.05) is 17.5 Å². The number of ether oxygens (including phenoxy) is 5. The van der Waals surface area contributed by atoms with Crippen molar-refractivity contribution in [3.05, 3.63) is 23.3 Å². The Balaban J connectivity index is 2.54. The molecule has 0 saturated carbocycles. The number of hydrogen-bond acceptors (Lipinski definition) is 7. The number of phenolic OH excluding ortho intramolecular Hbond substituents is 1. The first-order valence-corrected chi connectivity index (χ1v) is 10.1. The maximum atomic E-state index is 11.5. The average molecular weight is 433 g/mol. The second kappa shape index (κ2) is 8.04. The highest BCUT2D eigenvalue weighted by atomic mass is 16.5. The first kappa shape index (κ1) is 22.9. The van der Waals surface area contributed by atoms with Crippen molar-refractivity contribution in [2.45, 2.75) is 39.2 Å². The fourth-order valence-electron chi connectivity index (χ4n) is 4.34. The Bertz CT molecular complexity index is 992. The Hall–Kier alpha value is -2.80. The van der Waals surface area contributed by atoms with E-state index in [0.717, 1.165) is 11.1 Å². The van der Waals surface area contributed by atoms with E-state index in [1.54, 1.807) is 7.11 Å². The van der Waals surface area contributed by atoms with Gasteiger partial charge in [-0.15, -0.1) is 0 Å². The summed E-state index contributed by atoms with van der Waals surface area (Å²) in [6.07, 6.45) is 0.805. The second-order valence-corrected chi connectivity index (χ2v) is 8.69. The lowest BCUT2D eigenvalue weighted by atomic mass is 9.66. The van der Waals surface area contributed by atoms with Gasteiger partial charge in [-0.1, -0.05) is 13.8 Å². The molecule has 2 aromatic rings. The van der Waals surface area contributed by atoms with Gasteiger partial charge in [0.25, 0.3) is 0 Å². The number of benzene rings is 2. The molecule has 1 aliphatic rings.